The van der Waals surface area contributed by atoms with E-state index in [1.54, 1.807) is 7.11 Å². The highest BCUT2D eigenvalue weighted by Crippen LogP contribution is 2.23. The number of halogens is 1. The van der Waals surface area contributed by atoms with Crippen molar-refractivity contribution in [2.45, 2.75) is 13.8 Å². The van der Waals surface area contributed by atoms with E-state index >= 15 is 0 Å². The van der Waals surface area contributed by atoms with Gasteiger partial charge >= 0.3 is 0 Å². The van der Waals surface area contributed by atoms with Gasteiger partial charge < -0.3 is 4.74 Å². The molecule has 0 N–H and O–H groups in total. The lowest BCUT2D eigenvalue weighted by molar-refractivity contribution is 0.103. The highest BCUT2D eigenvalue weighted by molar-refractivity contribution is 14.1. The summed E-state index contributed by atoms with van der Waals surface area (Å²) in [5.74, 6) is 0.856. The average Bonchev–Trinajstić information content (AvgIpc) is 2.41. The molecule has 0 bridgehead atoms. The van der Waals surface area contributed by atoms with Gasteiger partial charge in [-0.05, 0) is 71.8 Å². The maximum atomic E-state index is 12.5. The van der Waals surface area contributed by atoms with Crippen LogP contribution >= 0.6 is 22.6 Å². The van der Waals surface area contributed by atoms with Gasteiger partial charge in [0.2, 0.25) is 0 Å². The normalized spacial score (nSPS) is 10.3. The first-order chi connectivity index (χ1) is 9.04. The summed E-state index contributed by atoms with van der Waals surface area (Å²) >= 11 is 2.22. The van der Waals surface area contributed by atoms with E-state index in [-0.39, 0.29) is 5.78 Å². The third-order valence-corrected chi connectivity index (χ3v) is 4.53. The van der Waals surface area contributed by atoms with E-state index in [1.165, 1.54) is 0 Å². The molecule has 0 fully saturated rings. The fraction of sp³-hybridized carbons (Fsp3) is 0.188. The Morgan fingerprint density at radius 1 is 1.11 bits per heavy atom. The van der Waals surface area contributed by atoms with Crippen LogP contribution in [0.25, 0.3) is 0 Å². The summed E-state index contributed by atoms with van der Waals surface area (Å²) in [5, 5.41) is 0. The molecule has 0 spiro atoms. The molecule has 2 aromatic rings. The predicted molar refractivity (Wildman–Crippen MR) is 85.1 cm³/mol. The maximum Gasteiger partial charge on any atom is 0.194 e. The van der Waals surface area contributed by atoms with E-state index in [1.807, 2.05) is 50.2 Å². The number of carbonyl (C=O) groups is 1. The maximum absolute atomic E-state index is 12.5. The molecular formula is C16H15IO2. The van der Waals surface area contributed by atoms with Gasteiger partial charge in [0.1, 0.15) is 5.75 Å². The molecule has 0 aliphatic rings. The topological polar surface area (TPSA) is 26.3 Å². The Bertz CT molecular complexity index is 633. The first-order valence-corrected chi connectivity index (χ1v) is 7.07. The van der Waals surface area contributed by atoms with Crippen molar-refractivity contribution in [1.82, 2.24) is 0 Å². The van der Waals surface area contributed by atoms with Crippen LogP contribution in [0.5, 0.6) is 5.75 Å². The van der Waals surface area contributed by atoms with Crippen LogP contribution in [0.3, 0.4) is 0 Å². The van der Waals surface area contributed by atoms with Crippen molar-refractivity contribution in [3.8, 4) is 5.75 Å². The summed E-state index contributed by atoms with van der Waals surface area (Å²) in [5.41, 5.74) is 3.54. The number of benzene rings is 2. The molecule has 19 heavy (non-hydrogen) atoms. The van der Waals surface area contributed by atoms with Crippen molar-refractivity contribution in [1.29, 1.82) is 0 Å². The largest absolute Gasteiger partial charge is 0.496 e. The van der Waals surface area contributed by atoms with E-state index in [0.717, 1.165) is 26.0 Å². The molecule has 0 atom stereocenters. The van der Waals surface area contributed by atoms with E-state index in [9.17, 15) is 4.79 Å². The Morgan fingerprint density at radius 3 is 2.47 bits per heavy atom. The smallest absolute Gasteiger partial charge is 0.194 e. The minimum absolute atomic E-state index is 0.0545. The number of ketones is 1. The Labute approximate surface area is 126 Å². The fourth-order valence-corrected chi connectivity index (χ4v) is 2.60. The highest BCUT2D eigenvalue weighted by atomic mass is 127. The van der Waals surface area contributed by atoms with Gasteiger partial charge in [-0.2, -0.15) is 0 Å². The van der Waals surface area contributed by atoms with Gasteiger partial charge in [-0.25, -0.2) is 0 Å². The second-order valence-electron chi connectivity index (χ2n) is 4.45. The van der Waals surface area contributed by atoms with Crippen molar-refractivity contribution in [2.75, 3.05) is 7.11 Å². The molecule has 0 unspecified atom stereocenters. The fourth-order valence-electron chi connectivity index (χ4n) is 2.00. The highest BCUT2D eigenvalue weighted by Gasteiger charge is 2.14. The van der Waals surface area contributed by atoms with E-state index in [2.05, 4.69) is 22.6 Å². The zero-order valence-corrected chi connectivity index (χ0v) is 13.3. The van der Waals surface area contributed by atoms with E-state index < -0.39 is 0 Å². The van der Waals surface area contributed by atoms with Crippen LogP contribution in [-0.2, 0) is 0 Å². The van der Waals surface area contributed by atoms with Crippen LogP contribution in [-0.4, -0.2) is 12.9 Å². The second-order valence-corrected chi connectivity index (χ2v) is 5.53. The first-order valence-electron chi connectivity index (χ1n) is 5.99. The number of rotatable bonds is 3. The molecule has 2 aromatic carbocycles. The molecule has 0 heterocycles. The Morgan fingerprint density at radius 2 is 1.84 bits per heavy atom. The van der Waals surface area contributed by atoms with Gasteiger partial charge in [0.05, 0.1) is 7.11 Å². The molecule has 3 heteroatoms. The van der Waals surface area contributed by atoms with Gasteiger partial charge in [0, 0.05) is 14.7 Å². The lowest BCUT2D eigenvalue weighted by Crippen LogP contribution is -2.05. The first kappa shape index (κ1) is 14.1. The second kappa shape index (κ2) is 5.74. The van der Waals surface area contributed by atoms with Crippen LogP contribution in [0.1, 0.15) is 27.0 Å². The Hall–Kier alpha value is -1.36. The van der Waals surface area contributed by atoms with Gasteiger partial charge in [-0.1, -0.05) is 12.1 Å². The summed E-state index contributed by atoms with van der Waals surface area (Å²) < 4.78 is 6.23. The molecule has 0 saturated heterocycles. The van der Waals surface area contributed by atoms with Gasteiger partial charge in [-0.15, -0.1) is 0 Å². The summed E-state index contributed by atoms with van der Waals surface area (Å²) in [4.78, 5) is 12.5. The molecule has 0 aromatic heterocycles. The molecular weight excluding hydrogens is 351 g/mol. The van der Waals surface area contributed by atoms with Crippen molar-refractivity contribution in [2.24, 2.45) is 0 Å². The van der Waals surface area contributed by atoms with Crippen molar-refractivity contribution in [3.63, 3.8) is 0 Å². The molecule has 0 aliphatic heterocycles. The van der Waals surface area contributed by atoms with Gasteiger partial charge in [0.25, 0.3) is 0 Å². The van der Waals surface area contributed by atoms with Crippen LogP contribution in [0, 0.1) is 17.4 Å². The molecule has 0 aliphatic carbocycles. The zero-order valence-electron chi connectivity index (χ0n) is 11.2. The average molecular weight is 366 g/mol. The molecule has 2 nitrogen and oxygen atoms in total. The lowest BCUT2D eigenvalue weighted by atomic mass is 10.00. The van der Waals surface area contributed by atoms with Crippen molar-refractivity contribution < 1.29 is 9.53 Å². The molecule has 98 valence electrons. The Kier molecular flexibility index (Phi) is 4.24. The number of ether oxygens (including phenoxy) is 1. The standard InChI is InChI=1S/C16H15IO2/c1-10-5-4-6-13(15(10)17)16(18)12-7-8-14(19-3)11(2)9-12/h4-9H,1-3H3. The number of aryl methyl sites for hydroxylation is 2. The number of carbonyl (C=O) groups excluding carboxylic acids is 1. The van der Waals surface area contributed by atoms with E-state index in [0.29, 0.717) is 5.56 Å². The number of hydrogen-bond donors (Lipinski definition) is 0. The number of methoxy groups -OCH3 is 1. The minimum Gasteiger partial charge on any atom is -0.496 e. The van der Waals surface area contributed by atoms with Crippen LogP contribution in [0.15, 0.2) is 36.4 Å². The third kappa shape index (κ3) is 2.81. The van der Waals surface area contributed by atoms with Crippen LogP contribution < -0.4 is 4.74 Å². The third-order valence-electron chi connectivity index (χ3n) is 3.09. The van der Waals surface area contributed by atoms with Crippen molar-refractivity contribution >= 4 is 28.4 Å². The summed E-state index contributed by atoms with van der Waals surface area (Å²) in [7, 11) is 1.63. The van der Waals surface area contributed by atoms with Crippen molar-refractivity contribution in [3.05, 3.63) is 62.2 Å². The summed E-state index contributed by atoms with van der Waals surface area (Å²) in [6.45, 7) is 3.95. The lowest BCUT2D eigenvalue weighted by Gasteiger charge is -2.09. The van der Waals surface area contributed by atoms with Gasteiger partial charge in [0.15, 0.2) is 5.78 Å². The molecule has 2 rings (SSSR count). The molecule has 0 radical (unpaired) electrons. The summed E-state index contributed by atoms with van der Waals surface area (Å²) in [6.07, 6.45) is 0. The zero-order chi connectivity index (χ0) is 14.0. The van der Waals surface area contributed by atoms with Gasteiger partial charge in [-0.3, -0.25) is 4.79 Å². The number of hydrogen-bond acceptors (Lipinski definition) is 2. The minimum atomic E-state index is 0.0545. The quantitative estimate of drug-likeness (QED) is 0.603. The van der Waals surface area contributed by atoms with Crippen LogP contribution in [0.2, 0.25) is 0 Å². The van der Waals surface area contributed by atoms with E-state index in [4.69, 9.17) is 4.74 Å². The van der Waals surface area contributed by atoms with Crippen LogP contribution in [0.4, 0.5) is 0 Å². The molecule has 0 saturated carbocycles. The summed E-state index contributed by atoms with van der Waals surface area (Å²) in [6, 6.07) is 11.3. The monoisotopic (exact) mass is 366 g/mol. The Balaban J connectivity index is 2.44. The molecule has 0 amide bonds. The SMILES string of the molecule is COc1ccc(C(=O)c2cccc(C)c2I)cc1C. The predicted octanol–water partition coefficient (Wildman–Crippen LogP) is 4.15.